The second-order valence-electron chi connectivity index (χ2n) is 7.55. The van der Waals surface area contributed by atoms with Crippen molar-refractivity contribution in [1.82, 2.24) is 19.4 Å². The molecule has 1 saturated heterocycles. The molecule has 3 aromatic rings. The van der Waals surface area contributed by atoms with Crippen molar-refractivity contribution in [2.45, 2.75) is 32.1 Å². The van der Waals surface area contributed by atoms with Gasteiger partial charge in [-0.1, -0.05) is 12.1 Å². The van der Waals surface area contributed by atoms with Crippen molar-refractivity contribution in [3.8, 4) is 0 Å². The van der Waals surface area contributed by atoms with Crippen LogP contribution in [-0.2, 0) is 13.1 Å². The fraction of sp³-hybridized carbons (Fsp3) is 0.333. The van der Waals surface area contributed by atoms with E-state index >= 15 is 0 Å². The number of aryl methyl sites for hydroxylation is 1. The second-order valence-corrected chi connectivity index (χ2v) is 8.61. The molecule has 28 heavy (non-hydrogen) atoms. The van der Waals surface area contributed by atoms with Crippen LogP contribution in [-0.4, -0.2) is 44.4 Å². The molecule has 5 rings (SSSR count). The number of carbonyl (C=O) groups excluding carboxylic acids is 1. The van der Waals surface area contributed by atoms with Gasteiger partial charge in [0.1, 0.15) is 11.5 Å². The first kappa shape index (κ1) is 17.6. The van der Waals surface area contributed by atoms with E-state index in [0.29, 0.717) is 13.1 Å². The number of amides is 1. The number of thiazole rings is 1. The number of fused-ring (bicyclic) bond motifs is 3. The van der Waals surface area contributed by atoms with Crippen LogP contribution in [0.4, 0.5) is 4.39 Å². The average molecular weight is 396 g/mol. The third kappa shape index (κ3) is 3.04. The number of halogens is 1. The Hall–Kier alpha value is -2.51. The van der Waals surface area contributed by atoms with Crippen molar-refractivity contribution in [2.24, 2.45) is 0 Å². The van der Waals surface area contributed by atoms with Gasteiger partial charge in [0.25, 0.3) is 5.91 Å². The normalized spacial score (nSPS) is 21.8. The zero-order chi connectivity index (χ0) is 19.3. The summed E-state index contributed by atoms with van der Waals surface area (Å²) in [5.41, 5.74) is 2.64. The standard InChI is InChI=1S/C21H21FN4OS/c1-14-23-17(13-28-14)10-26-20-12-24(9-15-4-2-5-16(22)8-15)11-19(20)25-7-3-6-18(25)21(26)27/h2-8,13,19-20H,9-12H2,1H3/t19-,20+/m1/s1. The lowest BCUT2D eigenvalue weighted by molar-refractivity contribution is 0.0553. The Bertz CT molecular complexity index is 1030. The Morgan fingerprint density at radius 3 is 2.82 bits per heavy atom. The molecule has 0 N–H and O–H groups in total. The maximum atomic E-state index is 13.6. The van der Waals surface area contributed by atoms with Crippen molar-refractivity contribution in [1.29, 1.82) is 0 Å². The number of rotatable bonds is 4. The van der Waals surface area contributed by atoms with Crippen LogP contribution in [0.2, 0.25) is 0 Å². The number of aromatic nitrogens is 2. The van der Waals surface area contributed by atoms with Crippen LogP contribution >= 0.6 is 11.3 Å². The Kier molecular flexibility index (Phi) is 4.29. The van der Waals surface area contributed by atoms with Gasteiger partial charge in [0.2, 0.25) is 0 Å². The van der Waals surface area contributed by atoms with Crippen molar-refractivity contribution in [3.63, 3.8) is 0 Å². The van der Waals surface area contributed by atoms with Gasteiger partial charge in [-0.3, -0.25) is 9.69 Å². The van der Waals surface area contributed by atoms with Gasteiger partial charge in [-0.05, 0) is 36.8 Å². The van der Waals surface area contributed by atoms with Gasteiger partial charge >= 0.3 is 0 Å². The summed E-state index contributed by atoms with van der Waals surface area (Å²) in [6.45, 7) is 4.80. The van der Waals surface area contributed by atoms with Crippen molar-refractivity contribution >= 4 is 17.2 Å². The first-order valence-corrected chi connectivity index (χ1v) is 10.3. The Balaban J connectivity index is 1.43. The summed E-state index contributed by atoms with van der Waals surface area (Å²) in [7, 11) is 0. The molecule has 0 bridgehead atoms. The number of hydrogen-bond acceptors (Lipinski definition) is 4. The number of nitrogens with zero attached hydrogens (tertiary/aromatic N) is 4. The largest absolute Gasteiger partial charge is 0.337 e. The van der Waals surface area contributed by atoms with Gasteiger partial charge in [0.15, 0.2) is 0 Å². The molecular formula is C21H21FN4OS. The van der Waals surface area contributed by atoms with Crippen LogP contribution in [0.3, 0.4) is 0 Å². The van der Waals surface area contributed by atoms with E-state index in [1.54, 1.807) is 23.5 Å². The molecule has 0 unspecified atom stereocenters. The third-order valence-electron chi connectivity index (χ3n) is 5.65. The summed E-state index contributed by atoms with van der Waals surface area (Å²) >= 11 is 1.61. The van der Waals surface area contributed by atoms with Crippen molar-refractivity contribution < 1.29 is 9.18 Å². The topological polar surface area (TPSA) is 41.4 Å². The lowest BCUT2D eigenvalue weighted by Gasteiger charge is -2.38. The van der Waals surface area contributed by atoms with Gasteiger partial charge in [-0.25, -0.2) is 9.37 Å². The second kappa shape index (κ2) is 6.83. The van der Waals surface area contributed by atoms with Crippen LogP contribution in [0.5, 0.6) is 0 Å². The minimum atomic E-state index is -0.211. The number of hydrogen-bond donors (Lipinski definition) is 0. The average Bonchev–Trinajstić information content (AvgIpc) is 3.38. The van der Waals surface area contributed by atoms with E-state index in [9.17, 15) is 9.18 Å². The predicted octanol–water partition coefficient (Wildman–Crippen LogP) is 3.47. The van der Waals surface area contributed by atoms with Gasteiger partial charge in [0.05, 0.1) is 29.3 Å². The molecule has 7 heteroatoms. The van der Waals surface area contributed by atoms with E-state index in [4.69, 9.17) is 0 Å². The lowest BCUT2D eigenvalue weighted by atomic mass is 10.1. The molecule has 1 fully saturated rings. The Labute approximate surface area is 167 Å². The summed E-state index contributed by atoms with van der Waals surface area (Å²) in [5, 5.41) is 3.05. The minimum absolute atomic E-state index is 0.0597. The zero-order valence-electron chi connectivity index (χ0n) is 15.6. The summed E-state index contributed by atoms with van der Waals surface area (Å²) in [6.07, 6.45) is 2.00. The molecule has 1 aromatic carbocycles. The number of carbonyl (C=O) groups is 1. The van der Waals surface area contributed by atoms with Gasteiger partial charge < -0.3 is 9.47 Å². The summed E-state index contributed by atoms with van der Waals surface area (Å²) in [5.74, 6) is -0.151. The lowest BCUT2D eigenvalue weighted by Crippen LogP contribution is -2.49. The van der Waals surface area contributed by atoms with E-state index in [-0.39, 0.29) is 23.8 Å². The molecule has 1 amide bonds. The van der Waals surface area contributed by atoms with Crippen LogP contribution < -0.4 is 0 Å². The van der Waals surface area contributed by atoms with E-state index in [2.05, 4.69) is 14.5 Å². The smallest absolute Gasteiger partial charge is 0.271 e. The van der Waals surface area contributed by atoms with E-state index < -0.39 is 0 Å². The maximum Gasteiger partial charge on any atom is 0.271 e. The van der Waals surface area contributed by atoms with E-state index in [1.807, 2.05) is 41.6 Å². The highest BCUT2D eigenvalue weighted by molar-refractivity contribution is 7.09. The SMILES string of the molecule is Cc1nc(CN2C(=O)c3cccn3[C@@H]3CN(Cc4cccc(F)c4)C[C@@H]32)cs1. The van der Waals surface area contributed by atoms with Crippen molar-refractivity contribution in [2.75, 3.05) is 13.1 Å². The Morgan fingerprint density at radius 1 is 1.18 bits per heavy atom. The molecule has 144 valence electrons. The van der Waals surface area contributed by atoms with Crippen LogP contribution in [0.1, 0.15) is 32.8 Å². The molecule has 5 nitrogen and oxygen atoms in total. The van der Waals surface area contributed by atoms with Crippen LogP contribution in [0.25, 0.3) is 0 Å². The molecule has 2 aliphatic rings. The first-order chi connectivity index (χ1) is 13.6. The fourth-order valence-electron chi connectivity index (χ4n) is 4.46. The minimum Gasteiger partial charge on any atom is -0.337 e. The van der Waals surface area contributed by atoms with Gasteiger partial charge in [-0.15, -0.1) is 11.3 Å². The molecular weight excluding hydrogens is 375 g/mol. The summed E-state index contributed by atoms with van der Waals surface area (Å²) < 4.78 is 15.7. The van der Waals surface area contributed by atoms with Crippen LogP contribution in [0.15, 0.2) is 48.0 Å². The molecule has 2 aliphatic heterocycles. The zero-order valence-corrected chi connectivity index (χ0v) is 16.4. The molecule has 4 heterocycles. The molecule has 2 aromatic heterocycles. The number of benzene rings is 1. The molecule has 0 aliphatic carbocycles. The highest BCUT2D eigenvalue weighted by Gasteiger charge is 2.44. The fourth-order valence-corrected chi connectivity index (χ4v) is 5.06. The highest BCUT2D eigenvalue weighted by atomic mass is 32.1. The van der Waals surface area contributed by atoms with E-state index in [1.165, 1.54) is 6.07 Å². The quantitative estimate of drug-likeness (QED) is 0.678. The van der Waals surface area contributed by atoms with Gasteiger partial charge in [-0.2, -0.15) is 0 Å². The summed E-state index contributed by atoms with van der Waals surface area (Å²) in [4.78, 5) is 22.0. The van der Waals surface area contributed by atoms with Gasteiger partial charge in [0, 0.05) is 31.2 Å². The predicted molar refractivity (Wildman–Crippen MR) is 106 cm³/mol. The molecule has 2 atom stereocenters. The first-order valence-electron chi connectivity index (χ1n) is 9.44. The summed E-state index contributed by atoms with van der Waals surface area (Å²) in [6, 6.07) is 10.9. The Morgan fingerprint density at radius 2 is 2.04 bits per heavy atom. The van der Waals surface area contributed by atoms with E-state index in [0.717, 1.165) is 35.0 Å². The monoisotopic (exact) mass is 396 g/mol. The third-order valence-corrected chi connectivity index (χ3v) is 6.47. The highest BCUT2D eigenvalue weighted by Crippen LogP contribution is 2.35. The molecule has 0 radical (unpaired) electrons. The molecule has 0 saturated carbocycles. The maximum absolute atomic E-state index is 13.6. The van der Waals surface area contributed by atoms with Crippen molar-refractivity contribution in [3.05, 3.63) is 75.8 Å². The number of likely N-dealkylation sites (tertiary alicyclic amines) is 1. The van der Waals surface area contributed by atoms with Crippen LogP contribution in [0, 0.1) is 12.7 Å². The molecule has 0 spiro atoms.